The maximum absolute atomic E-state index is 12.7. The van der Waals surface area contributed by atoms with Crippen LogP contribution in [0.4, 0.5) is 11.4 Å². The number of hydrogen-bond acceptors (Lipinski definition) is 4. The van der Waals surface area contributed by atoms with E-state index in [0.717, 1.165) is 37.8 Å². The van der Waals surface area contributed by atoms with Gasteiger partial charge >= 0.3 is 0 Å². The van der Waals surface area contributed by atoms with Crippen molar-refractivity contribution in [2.24, 2.45) is 5.92 Å². The Balaban J connectivity index is 1.37. The van der Waals surface area contributed by atoms with E-state index in [2.05, 4.69) is 75.6 Å². The number of carbonyl (C=O) groups excluding carboxylic acids is 1. The Kier molecular flexibility index (Phi) is 6.63. The summed E-state index contributed by atoms with van der Waals surface area (Å²) in [5, 5.41) is 3.10. The molecule has 1 aromatic heterocycles. The molecule has 0 unspecified atom stereocenters. The van der Waals surface area contributed by atoms with Crippen molar-refractivity contribution in [3.8, 4) is 0 Å². The van der Waals surface area contributed by atoms with Gasteiger partial charge in [0.2, 0.25) is 0 Å². The van der Waals surface area contributed by atoms with Crippen LogP contribution in [-0.2, 0) is 5.54 Å². The fourth-order valence-corrected chi connectivity index (χ4v) is 5.65. The van der Waals surface area contributed by atoms with Crippen LogP contribution in [0.2, 0.25) is 0 Å². The molecule has 3 aromatic rings. The first-order chi connectivity index (χ1) is 16.6. The predicted molar refractivity (Wildman–Crippen MR) is 138 cm³/mol. The van der Waals surface area contributed by atoms with E-state index in [1.54, 1.807) is 24.5 Å². The summed E-state index contributed by atoms with van der Waals surface area (Å²) >= 11 is 0. The van der Waals surface area contributed by atoms with Crippen molar-refractivity contribution in [2.75, 3.05) is 36.4 Å². The molecule has 0 spiro atoms. The molecule has 1 N–H and O–H groups in total. The number of benzene rings is 2. The molecule has 176 valence electrons. The fraction of sp³-hybridized carbons (Fsp3) is 0.379. The Bertz CT molecular complexity index is 1090. The standard InChI is InChI=1S/C29H34N4O/c1-23-10-14-29(15-11-23,33-20-18-32(19-21-33)27-8-3-2-4-9-27)25-6-5-7-26(22-25)31-28(34)24-12-16-30-17-13-24/h2-9,12-13,16-17,22-23H,10-11,14-15,18-21H2,1H3,(H,31,34)/t23-,29-. The van der Waals surface area contributed by atoms with Gasteiger partial charge in [-0.1, -0.05) is 37.3 Å². The molecule has 1 aliphatic carbocycles. The maximum Gasteiger partial charge on any atom is 0.255 e. The lowest BCUT2D eigenvalue weighted by atomic mass is 9.71. The summed E-state index contributed by atoms with van der Waals surface area (Å²) in [6.07, 6.45) is 8.12. The number of hydrogen-bond donors (Lipinski definition) is 1. The number of nitrogens with one attached hydrogen (secondary N) is 1. The fourth-order valence-electron chi connectivity index (χ4n) is 5.65. The van der Waals surface area contributed by atoms with Crippen molar-refractivity contribution in [3.63, 3.8) is 0 Å². The van der Waals surface area contributed by atoms with E-state index in [1.165, 1.54) is 36.9 Å². The zero-order valence-corrected chi connectivity index (χ0v) is 20.0. The second-order valence-electron chi connectivity index (χ2n) is 9.79. The van der Waals surface area contributed by atoms with Crippen molar-refractivity contribution in [1.29, 1.82) is 0 Å². The first-order valence-corrected chi connectivity index (χ1v) is 12.5. The highest BCUT2D eigenvalue weighted by Gasteiger charge is 2.42. The van der Waals surface area contributed by atoms with Crippen LogP contribution >= 0.6 is 0 Å². The third-order valence-electron chi connectivity index (χ3n) is 7.71. The maximum atomic E-state index is 12.7. The van der Waals surface area contributed by atoms with Crippen molar-refractivity contribution in [1.82, 2.24) is 9.88 Å². The molecule has 0 atom stereocenters. The van der Waals surface area contributed by atoms with Crippen LogP contribution < -0.4 is 10.2 Å². The zero-order chi connectivity index (χ0) is 23.4. The SMILES string of the molecule is C[C@H]1CC[C@](c2cccc(NC(=O)c3ccncc3)c2)(N2CCN(c3ccccc3)CC2)CC1. The van der Waals surface area contributed by atoms with Crippen molar-refractivity contribution >= 4 is 17.3 Å². The van der Waals surface area contributed by atoms with Gasteiger partial charge in [0.15, 0.2) is 0 Å². The van der Waals surface area contributed by atoms with E-state index in [0.29, 0.717) is 5.56 Å². The first kappa shape index (κ1) is 22.6. The predicted octanol–water partition coefficient (Wildman–Crippen LogP) is 5.56. The minimum absolute atomic E-state index is 0.0344. The van der Waals surface area contributed by atoms with Gasteiger partial charge in [-0.05, 0) is 73.6 Å². The summed E-state index contributed by atoms with van der Waals surface area (Å²) < 4.78 is 0. The monoisotopic (exact) mass is 454 g/mol. The Morgan fingerprint density at radius 3 is 2.32 bits per heavy atom. The summed E-state index contributed by atoms with van der Waals surface area (Å²) in [7, 11) is 0. The van der Waals surface area contributed by atoms with E-state index in [9.17, 15) is 4.79 Å². The Morgan fingerprint density at radius 1 is 0.912 bits per heavy atom. The van der Waals surface area contributed by atoms with Gasteiger partial charge < -0.3 is 10.2 Å². The summed E-state index contributed by atoms with van der Waals surface area (Å²) in [6, 6.07) is 22.8. The molecule has 5 nitrogen and oxygen atoms in total. The summed E-state index contributed by atoms with van der Waals surface area (Å²) in [5.41, 5.74) is 4.17. The van der Waals surface area contributed by atoms with Gasteiger partial charge in [0.05, 0.1) is 0 Å². The van der Waals surface area contributed by atoms with Crippen molar-refractivity contribution in [2.45, 2.75) is 38.1 Å². The van der Waals surface area contributed by atoms with E-state index in [4.69, 9.17) is 0 Å². The lowest BCUT2D eigenvalue weighted by Crippen LogP contribution is -2.56. The van der Waals surface area contributed by atoms with E-state index < -0.39 is 0 Å². The van der Waals surface area contributed by atoms with Gasteiger partial charge in [0.1, 0.15) is 0 Å². The highest BCUT2D eigenvalue weighted by atomic mass is 16.1. The zero-order valence-electron chi connectivity index (χ0n) is 20.0. The Hall–Kier alpha value is -3.18. The minimum Gasteiger partial charge on any atom is -0.369 e. The third-order valence-corrected chi connectivity index (χ3v) is 7.71. The molecule has 2 aromatic carbocycles. The van der Waals surface area contributed by atoms with Gasteiger partial charge in [0.25, 0.3) is 5.91 Å². The van der Waals surface area contributed by atoms with Crippen LogP contribution in [0, 0.1) is 5.92 Å². The highest BCUT2D eigenvalue weighted by Crippen LogP contribution is 2.45. The normalized spacial score (nSPS) is 23.4. The third kappa shape index (κ3) is 4.71. The van der Waals surface area contributed by atoms with Gasteiger partial charge in [0, 0.05) is 61.0 Å². The molecule has 2 aliphatic rings. The van der Waals surface area contributed by atoms with E-state index in [-0.39, 0.29) is 11.4 Å². The minimum atomic E-state index is -0.0951. The van der Waals surface area contributed by atoms with Crippen LogP contribution in [0.5, 0.6) is 0 Å². The van der Waals surface area contributed by atoms with Gasteiger partial charge in [-0.25, -0.2) is 0 Å². The summed E-state index contributed by atoms with van der Waals surface area (Å²) in [5.74, 6) is 0.677. The number of nitrogens with zero attached hydrogens (tertiary/aromatic N) is 3. The lowest BCUT2D eigenvalue weighted by molar-refractivity contribution is 0.0299. The molecule has 0 bridgehead atoms. The van der Waals surface area contributed by atoms with Crippen LogP contribution in [0.1, 0.15) is 48.5 Å². The Labute approximate surface area is 202 Å². The average molecular weight is 455 g/mol. The molecule has 1 saturated heterocycles. The molecule has 5 heteroatoms. The number of para-hydroxylation sites is 1. The number of rotatable bonds is 5. The lowest BCUT2D eigenvalue weighted by Gasteiger charge is -2.51. The average Bonchev–Trinajstić information content (AvgIpc) is 2.91. The molecule has 2 fully saturated rings. The molecular weight excluding hydrogens is 420 g/mol. The number of amides is 1. The van der Waals surface area contributed by atoms with Gasteiger partial charge in [-0.2, -0.15) is 0 Å². The molecule has 34 heavy (non-hydrogen) atoms. The largest absolute Gasteiger partial charge is 0.369 e. The smallest absolute Gasteiger partial charge is 0.255 e. The molecule has 1 amide bonds. The van der Waals surface area contributed by atoms with E-state index >= 15 is 0 Å². The van der Waals surface area contributed by atoms with Crippen LogP contribution in [0.15, 0.2) is 79.1 Å². The van der Waals surface area contributed by atoms with Crippen LogP contribution in [-0.4, -0.2) is 42.0 Å². The Morgan fingerprint density at radius 2 is 1.62 bits per heavy atom. The van der Waals surface area contributed by atoms with Crippen LogP contribution in [0.25, 0.3) is 0 Å². The van der Waals surface area contributed by atoms with Crippen molar-refractivity contribution in [3.05, 3.63) is 90.3 Å². The number of anilines is 2. The quantitative estimate of drug-likeness (QED) is 0.548. The number of carbonyl (C=O) groups is 1. The molecule has 1 aliphatic heterocycles. The molecule has 2 heterocycles. The highest BCUT2D eigenvalue weighted by molar-refractivity contribution is 6.04. The second-order valence-corrected chi connectivity index (χ2v) is 9.79. The van der Waals surface area contributed by atoms with Gasteiger partial charge in [-0.3, -0.25) is 14.7 Å². The van der Waals surface area contributed by atoms with Gasteiger partial charge in [-0.15, -0.1) is 0 Å². The molecule has 1 saturated carbocycles. The molecule has 5 rings (SSSR count). The number of piperazine rings is 1. The van der Waals surface area contributed by atoms with Crippen LogP contribution in [0.3, 0.4) is 0 Å². The summed E-state index contributed by atoms with van der Waals surface area (Å²) in [4.78, 5) is 22.0. The molecule has 0 radical (unpaired) electrons. The first-order valence-electron chi connectivity index (χ1n) is 12.5. The van der Waals surface area contributed by atoms with E-state index in [1.807, 2.05) is 6.07 Å². The molecular formula is C29H34N4O. The number of aromatic nitrogens is 1. The topological polar surface area (TPSA) is 48.5 Å². The number of pyridine rings is 1. The second kappa shape index (κ2) is 9.98. The van der Waals surface area contributed by atoms with Crippen molar-refractivity contribution < 1.29 is 4.79 Å². The summed E-state index contributed by atoms with van der Waals surface area (Å²) in [6.45, 7) is 6.57.